The molecule has 0 unspecified atom stereocenters. The number of hydrogen-bond acceptors (Lipinski definition) is 2. The molecular weight excluding hydrogens is 255 g/mol. The second-order valence-electron chi connectivity index (χ2n) is 4.38. The van der Waals surface area contributed by atoms with Gasteiger partial charge in [-0.05, 0) is 35.7 Å². The maximum Gasteiger partial charge on any atom is 0.332 e. The molecule has 0 bridgehead atoms. The van der Waals surface area contributed by atoms with Gasteiger partial charge in [0.1, 0.15) is 11.5 Å². The maximum atomic E-state index is 12.5. The Morgan fingerprint density at radius 1 is 0.850 bits per heavy atom. The van der Waals surface area contributed by atoms with Crippen molar-refractivity contribution in [3.05, 3.63) is 72.3 Å². The molecule has 98 valence electrons. The summed E-state index contributed by atoms with van der Waals surface area (Å²) < 4.78 is 18.3. The van der Waals surface area contributed by atoms with Gasteiger partial charge in [0.05, 0.1) is 5.56 Å². The normalized spacial score (nSPS) is 10.4. The van der Waals surface area contributed by atoms with Crippen LogP contribution < -0.4 is 4.74 Å². The molecule has 0 aliphatic heterocycles. The van der Waals surface area contributed by atoms with Gasteiger partial charge >= 0.3 is 6.04 Å². The average molecular weight is 266 g/mol. The van der Waals surface area contributed by atoms with Crippen LogP contribution in [-0.2, 0) is 0 Å². The molecule has 0 radical (unpaired) electrons. The van der Waals surface area contributed by atoms with Crippen molar-refractivity contribution in [2.24, 2.45) is 0 Å². The highest BCUT2D eigenvalue weighted by molar-refractivity contribution is 5.89. The van der Waals surface area contributed by atoms with E-state index in [2.05, 4.69) is 0 Å². The van der Waals surface area contributed by atoms with E-state index in [1.54, 1.807) is 12.1 Å². The third-order valence-corrected chi connectivity index (χ3v) is 3.06. The van der Waals surface area contributed by atoms with Crippen molar-refractivity contribution in [2.45, 2.75) is 0 Å². The molecule has 0 saturated carbocycles. The van der Waals surface area contributed by atoms with E-state index < -0.39 is 6.04 Å². The monoisotopic (exact) mass is 266 g/mol. The van der Waals surface area contributed by atoms with E-state index >= 15 is 0 Å². The summed E-state index contributed by atoms with van der Waals surface area (Å²) in [5.74, 6) is 1.29. The van der Waals surface area contributed by atoms with Crippen molar-refractivity contribution in [2.75, 3.05) is 0 Å². The molecule has 2 nitrogen and oxygen atoms in total. The van der Waals surface area contributed by atoms with Crippen molar-refractivity contribution < 1.29 is 13.9 Å². The number of rotatable bonds is 3. The lowest BCUT2D eigenvalue weighted by molar-refractivity contribution is 0.0836. The van der Waals surface area contributed by atoms with E-state index in [-0.39, 0.29) is 5.56 Å². The zero-order valence-corrected chi connectivity index (χ0v) is 10.5. The summed E-state index contributed by atoms with van der Waals surface area (Å²) in [6.07, 6.45) is 0. The molecular formula is C17H11FO2. The molecule has 0 aliphatic carbocycles. The molecule has 20 heavy (non-hydrogen) atoms. The standard InChI is InChI=1S/C17H11FO2/c18-17(19)13-8-10-14(11-9-13)20-16-7-3-5-12-4-1-2-6-15(12)16/h1-11H. The first-order chi connectivity index (χ1) is 9.74. The molecule has 0 heterocycles. The Balaban J connectivity index is 1.95. The van der Waals surface area contributed by atoms with Crippen molar-refractivity contribution in [3.63, 3.8) is 0 Å². The molecule has 0 saturated heterocycles. The van der Waals surface area contributed by atoms with Crippen molar-refractivity contribution in [1.82, 2.24) is 0 Å². The van der Waals surface area contributed by atoms with Gasteiger partial charge < -0.3 is 4.74 Å². The highest BCUT2D eigenvalue weighted by Crippen LogP contribution is 2.29. The molecule has 3 aromatic rings. The van der Waals surface area contributed by atoms with Gasteiger partial charge in [0, 0.05) is 5.39 Å². The first kappa shape index (κ1) is 12.4. The van der Waals surface area contributed by atoms with Crippen LogP contribution in [0, 0.1) is 0 Å². The van der Waals surface area contributed by atoms with E-state index in [0.29, 0.717) is 5.75 Å². The number of halogens is 1. The minimum atomic E-state index is -1.44. The highest BCUT2D eigenvalue weighted by atomic mass is 19.1. The Kier molecular flexibility index (Phi) is 3.17. The van der Waals surface area contributed by atoms with Gasteiger partial charge in [0.15, 0.2) is 0 Å². The van der Waals surface area contributed by atoms with E-state index in [0.717, 1.165) is 16.5 Å². The van der Waals surface area contributed by atoms with Crippen molar-refractivity contribution in [3.8, 4) is 11.5 Å². The maximum absolute atomic E-state index is 12.5. The summed E-state index contributed by atoms with van der Waals surface area (Å²) in [5, 5.41) is 2.08. The lowest BCUT2D eigenvalue weighted by Gasteiger charge is -2.09. The molecule has 3 heteroatoms. The van der Waals surface area contributed by atoms with Crippen LogP contribution in [0.4, 0.5) is 4.39 Å². The highest BCUT2D eigenvalue weighted by Gasteiger charge is 2.05. The molecule has 0 aromatic heterocycles. The lowest BCUT2D eigenvalue weighted by Crippen LogP contribution is -1.90. The molecule has 0 aliphatic rings. The fraction of sp³-hybridized carbons (Fsp3) is 0. The van der Waals surface area contributed by atoms with Crippen LogP contribution in [0.3, 0.4) is 0 Å². The minimum Gasteiger partial charge on any atom is -0.457 e. The van der Waals surface area contributed by atoms with E-state index in [1.165, 1.54) is 12.1 Å². The Bertz CT molecular complexity index is 758. The van der Waals surface area contributed by atoms with Crippen LogP contribution in [0.5, 0.6) is 11.5 Å². The third-order valence-electron chi connectivity index (χ3n) is 3.06. The molecule has 0 atom stereocenters. The Morgan fingerprint density at radius 3 is 2.30 bits per heavy atom. The topological polar surface area (TPSA) is 26.3 Å². The summed E-state index contributed by atoms with van der Waals surface area (Å²) in [6.45, 7) is 0. The van der Waals surface area contributed by atoms with Gasteiger partial charge in [-0.25, -0.2) is 0 Å². The van der Waals surface area contributed by atoms with Crippen molar-refractivity contribution >= 4 is 16.8 Å². The van der Waals surface area contributed by atoms with Gasteiger partial charge in [-0.15, -0.1) is 0 Å². The van der Waals surface area contributed by atoms with E-state index in [4.69, 9.17) is 4.74 Å². The van der Waals surface area contributed by atoms with Crippen molar-refractivity contribution in [1.29, 1.82) is 0 Å². The second-order valence-corrected chi connectivity index (χ2v) is 4.38. The minimum absolute atomic E-state index is 0.0234. The molecule has 0 spiro atoms. The molecule has 3 aromatic carbocycles. The summed E-state index contributed by atoms with van der Waals surface area (Å²) in [5.41, 5.74) is 0.0234. The van der Waals surface area contributed by atoms with Gasteiger partial charge in [-0.1, -0.05) is 36.4 Å². The quantitative estimate of drug-likeness (QED) is 0.640. The van der Waals surface area contributed by atoms with E-state index in [9.17, 15) is 9.18 Å². The summed E-state index contributed by atoms with van der Waals surface area (Å²) in [4.78, 5) is 10.6. The molecule has 0 amide bonds. The Morgan fingerprint density at radius 2 is 1.55 bits per heavy atom. The molecule has 0 fully saturated rings. The number of carbonyl (C=O) groups excluding carboxylic acids is 1. The van der Waals surface area contributed by atoms with Crippen LogP contribution in [0.1, 0.15) is 10.4 Å². The first-order valence-corrected chi connectivity index (χ1v) is 6.19. The predicted molar refractivity (Wildman–Crippen MR) is 75.9 cm³/mol. The van der Waals surface area contributed by atoms with Gasteiger partial charge in [-0.2, -0.15) is 4.39 Å². The average Bonchev–Trinajstić information content (AvgIpc) is 2.48. The van der Waals surface area contributed by atoms with Gasteiger partial charge in [0.25, 0.3) is 0 Å². The largest absolute Gasteiger partial charge is 0.457 e. The lowest BCUT2D eigenvalue weighted by atomic mass is 10.1. The van der Waals surface area contributed by atoms with Crippen LogP contribution in [0.15, 0.2) is 66.7 Å². The number of carbonyl (C=O) groups is 1. The summed E-state index contributed by atoms with van der Waals surface area (Å²) in [6, 6.07) is 18.2. The predicted octanol–water partition coefficient (Wildman–Crippen LogP) is 4.74. The van der Waals surface area contributed by atoms with Gasteiger partial charge in [0.2, 0.25) is 0 Å². The summed E-state index contributed by atoms with van der Waals surface area (Å²) >= 11 is 0. The second kappa shape index (κ2) is 5.13. The summed E-state index contributed by atoms with van der Waals surface area (Å²) in [7, 11) is 0. The number of hydrogen-bond donors (Lipinski definition) is 0. The Labute approximate surface area is 115 Å². The zero-order valence-electron chi connectivity index (χ0n) is 10.5. The smallest absolute Gasteiger partial charge is 0.332 e. The zero-order chi connectivity index (χ0) is 13.9. The number of fused-ring (bicyclic) bond motifs is 1. The SMILES string of the molecule is O=C(F)c1ccc(Oc2cccc3ccccc23)cc1. The first-order valence-electron chi connectivity index (χ1n) is 6.19. The fourth-order valence-electron chi connectivity index (χ4n) is 2.07. The molecule has 0 N–H and O–H groups in total. The van der Waals surface area contributed by atoms with Crippen LogP contribution in [0.2, 0.25) is 0 Å². The van der Waals surface area contributed by atoms with E-state index in [1.807, 2.05) is 42.5 Å². The van der Waals surface area contributed by atoms with Gasteiger partial charge in [-0.3, -0.25) is 4.79 Å². The van der Waals surface area contributed by atoms with Crippen LogP contribution in [0.25, 0.3) is 10.8 Å². The third kappa shape index (κ3) is 2.38. The van der Waals surface area contributed by atoms with Crippen LogP contribution >= 0.6 is 0 Å². The number of benzene rings is 3. The molecule has 3 rings (SSSR count). The van der Waals surface area contributed by atoms with Crippen LogP contribution in [-0.4, -0.2) is 6.04 Å². The number of ether oxygens (including phenoxy) is 1. The fourth-order valence-corrected chi connectivity index (χ4v) is 2.07. The Hall–Kier alpha value is -2.68.